The van der Waals surface area contributed by atoms with E-state index in [0.717, 1.165) is 6.21 Å². The summed E-state index contributed by atoms with van der Waals surface area (Å²) in [6.45, 7) is 5.90. The van der Waals surface area contributed by atoms with Crippen molar-refractivity contribution in [2.45, 2.75) is 57.1 Å². The quantitative estimate of drug-likeness (QED) is 0.240. The molecule has 4 atom stereocenters. The maximum atomic E-state index is 13.2. The van der Waals surface area contributed by atoms with Gasteiger partial charge in [-0.1, -0.05) is 0 Å². The summed E-state index contributed by atoms with van der Waals surface area (Å²) in [5.41, 5.74) is 0. The van der Waals surface area contributed by atoms with Crippen molar-refractivity contribution in [3.05, 3.63) is 0 Å². The van der Waals surface area contributed by atoms with E-state index in [1.54, 1.807) is 0 Å². The number of nitrogens with zero attached hydrogens (tertiary/aromatic N) is 1. The summed E-state index contributed by atoms with van der Waals surface area (Å²) in [6.07, 6.45) is -5.94. The van der Waals surface area contributed by atoms with Crippen molar-refractivity contribution in [3.8, 4) is 0 Å². The Labute approximate surface area is 135 Å². The van der Waals surface area contributed by atoms with Crippen LogP contribution in [0.1, 0.15) is 34.1 Å². The van der Waals surface area contributed by atoms with Crippen LogP contribution in [0.3, 0.4) is 0 Å². The molecule has 0 radical (unpaired) electrons. The predicted molar refractivity (Wildman–Crippen MR) is 79.9 cm³/mol. The maximum Gasteiger partial charge on any atom is 0.408 e. The molecule has 0 aromatic rings. The Bertz CT molecular complexity index is 415. The summed E-state index contributed by atoms with van der Waals surface area (Å²) >= 11 is -1.97. The second-order valence-electron chi connectivity index (χ2n) is 6.00. The van der Waals surface area contributed by atoms with E-state index < -0.39 is 52.8 Å². The van der Waals surface area contributed by atoms with Gasteiger partial charge in [-0.15, -0.1) is 9.88 Å². The molecule has 7 nitrogen and oxygen atoms in total. The van der Waals surface area contributed by atoms with Gasteiger partial charge in [0, 0.05) is 29.5 Å². The first kappa shape index (κ1) is 21.8. The van der Waals surface area contributed by atoms with Crippen molar-refractivity contribution in [2.24, 2.45) is 11.1 Å². The Morgan fingerprint density at radius 3 is 2.26 bits per heavy atom. The molecule has 1 amide bonds. The van der Waals surface area contributed by atoms with E-state index in [2.05, 4.69) is 5.16 Å². The zero-order valence-corrected chi connectivity index (χ0v) is 14.0. The largest absolute Gasteiger partial charge is 0.598 e. The van der Waals surface area contributed by atoms with Crippen LogP contribution in [-0.2, 0) is 11.4 Å². The van der Waals surface area contributed by atoms with Crippen molar-refractivity contribution in [3.63, 3.8) is 0 Å². The summed E-state index contributed by atoms with van der Waals surface area (Å²) in [4.78, 5) is 10.6. The van der Waals surface area contributed by atoms with Crippen LogP contribution in [0.25, 0.3) is 0 Å². The van der Waals surface area contributed by atoms with Gasteiger partial charge in [0.15, 0.2) is 0 Å². The van der Waals surface area contributed by atoms with Crippen LogP contribution in [0.2, 0.25) is 0 Å². The van der Waals surface area contributed by atoms with Crippen LogP contribution in [0.5, 0.6) is 0 Å². The van der Waals surface area contributed by atoms with Gasteiger partial charge in [-0.2, -0.15) is 13.2 Å². The standard InChI is InChI=1S/C12H22F3N3O4S/c1-7(17-10(19)20)8(6-16-21)5-9(12(13,14)15)18-23(22)11(2,3)4/h6-9,17-18,21H,5H2,1-4H3,(H,19,20)/b16-6+/t7?,8?,9?,23-/m1/s1. The van der Waals surface area contributed by atoms with Crippen molar-refractivity contribution in [1.82, 2.24) is 10.0 Å². The molecular weight excluding hydrogens is 339 g/mol. The zero-order chi connectivity index (χ0) is 18.4. The fourth-order valence-electron chi connectivity index (χ4n) is 1.61. The molecule has 0 bridgehead atoms. The molecule has 0 saturated heterocycles. The number of amides is 1. The van der Waals surface area contributed by atoms with Gasteiger partial charge < -0.3 is 20.2 Å². The summed E-state index contributed by atoms with van der Waals surface area (Å²) in [7, 11) is 0. The lowest BCUT2D eigenvalue weighted by molar-refractivity contribution is -0.154. The number of rotatable bonds is 7. The molecular formula is C12H22F3N3O4S. The van der Waals surface area contributed by atoms with Gasteiger partial charge in [-0.25, -0.2) is 4.79 Å². The SMILES string of the molecule is CC(NC(=O)O)C(/C=N/O)CC(N[S@+]([O-])C(C)(C)C)C(F)(F)F. The molecule has 0 saturated carbocycles. The monoisotopic (exact) mass is 361 g/mol. The fraction of sp³-hybridized carbons (Fsp3) is 0.833. The topological polar surface area (TPSA) is 117 Å². The summed E-state index contributed by atoms with van der Waals surface area (Å²) in [5.74, 6) is -1.05. The van der Waals surface area contributed by atoms with Crippen LogP contribution in [-0.4, -0.2) is 50.2 Å². The average molecular weight is 361 g/mol. The van der Waals surface area contributed by atoms with Crippen molar-refractivity contribution >= 4 is 23.7 Å². The molecule has 0 fully saturated rings. The van der Waals surface area contributed by atoms with Crippen LogP contribution < -0.4 is 10.0 Å². The minimum atomic E-state index is -4.70. The molecule has 0 aliphatic rings. The second kappa shape index (κ2) is 8.60. The number of oxime groups is 1. The van der Waals surface area contributed by atoms with E-state index in [9.17, 15) is 22.5 Å². The molecule has 3 unspecified atom stereocenters. The van der Waals surface area contributed by atoms with Crippen molar-refractivity contribution < 1.29 is 32.8 Å². The Morgan fingerprint density at radius 1 is 1.39 bits per heavy atom. The molecule has 0 aliphatic carbocycles. The highest BCUT2D eigenvalue weighted by Crippen LogP contribution is 2.28. The Hall–Kier alpha value is -1.20. The minimum Gasteiger partial charge on any atom is -0.598 e. The van der Waals surface area contributed by atoms with Gasteiger partial charge in [0.2, 0.25) is 0 Å². The third-order valence-electron chi connectivity index (χ3n) is 2.96. The molecule has 0 spiro atoms. The van der Waals surface area contributed by atoms with Gasteiger partial charge >= 0.3 is 12.3 Å². The summed E-state index contributed by atoms with van der Waals surface area (Å²) in [5, 5.41) is 21.9. The lowest BCUT2D eigenvalue weighted by Gasteiger charge is -2.31. The van der Waals surface area contributed by atoms with E-state index in [4.69, 9.17) is 10.3 Å². The number of alkyl halides is 3. The summed E-state index contributed by atoms with van der Waals surface area (Å²) in [6, 6.07) is -3.08. The van der Waals surface area contributed by atoms with Crippen molar-refractivity contribution in [1.29, 1.82) is 0 Å². The number of nitrogens with one attached hydrogen (secondary N) is 2. The fourth-order valence-corrected chi connectivity index (χ4v) is 2.45. The van der Waals surface area contributed by atoms with Crippen LogP contribution in [0, 0.1) is 5.92 Å². The summed E-state index contributed by atoms with van der Waals surface area (Å²) < 4.78 is 52.5. The van der Waals surface area contributed by atoms with E-state index in [-0.39, 0.29) is 0 Å². The molecule has 11 heteroatoms. The van der Waals surface area contributed by atoms with E-state index in [1.807, 2.05) is 10.0 Å². The van der Waals surface area contributed by atoms with Crippen molar-refractivity contribution in [2.75, 3.05) is 0 Å². The highest BCUT2D eigenvalue weighted by Gasteiger charge is 2.46. The van der Waals surface area contributed by atoms with Gasteiger partial charge in [0.1, 0.15) is 10.8 Å². The predicted octanol–water partition coefficient (Wildman–Crippen LogP) is 2.09. The van der Waals surface area contributed by atoms with Gasteiger partial charge in [0.25, 0.3) is 0 Å². The van der Waals surface area contributed by atoms with E-state index >= 15 is 0 Å². The average Bonchev–Trinajstić information content (AvgIpc) is 2.33. The van der Waals surface area contributed by atoms with Gasteiger partial charge in [0.05, 0.1) is 0 Å². The van der Waals surface area contributed by atoms with E-state index in [1.165, 1.54) is 27.7 Å². The molecule has 0 heterocycles. The lowest BCUT2D eigenvalue weighted by Crippen LogP contribution is -2.52. The zero-order valence-electron chi connectivity index (χ0n) is 13.2. The first-order valence-corrected chi connectivity index (χ1v) is 7.85. The van der Waals surface area contributed by atoms with Crippen LogP contribution >= 0.6 is 0 Å². The molecule has 0 aromatic heterocycles. The third-order valence-corrected chi connectivity index (χ3v) is 4.57. The number of carbonyl (C=O) groups is 1. The number of carboxylic acid groups (broad SMARTS) is 1. The molecule has 0 rings (SSSR count). The van der Waals surface area contributed by atoms with Crippen LogP contribution in [0.15, 0.2) is 5.16 Å². The van der Waals surface area contributed by atoms with E-state index in [0.29, 0.717) is 0 Å². The Balaban J connectivity index is 5.20. The number of hydrogen-bond donors (Lipinski definition) is 4. The molecule has 0 aliphatic heterocycles. The normalized spacial score (nSPS) is 18.4. The third kappa shape index (κ3) is 8.28. The van der Waals surface area contributed by atoms with Gasteiger partial charge in [-0.05, 0) is 34.1 Å². The smallest absolute Gasteiger partial charge is 0.408 e. The lowest BCUT2D eigenvalue weighted by atomic mass is 9.94. The minimum absolute atomic E-state index is 0.642. The van der Waals surface area contributed by atoms with Crippen LogP contribution in [0.4, 0.5) is 18.0 Å². The Kier molecular flexibility index (Phi) is 8.15. The Morgan fingerprint density at radius 2 is 1.91 bits per heavy atom. The molecule has 136 valence electrons. The number of halogens is 3. The molecule has 0 aromatic carbocycles. The first-order chi connectivity index (χ1) is 10.3. The number of hydrogen-bond acceptors (Lipinski definition) is 5. The molecule has 4 N–H and O–H groups in total. The highest BCUT2D eigenvalue weighted by molar-refractivity contribution is 7.90. The second-order valence-corrected chi connectivity index (χ2v) is 7.99. The molecule has 23 heavy (non-hydrogen) atoms. The first-order valence-electron chi connectivity index (χ1n) is 6.70. The van der Waals surface area contributed by atoms with Gasteiger partial charge in [-0.3, -0.25) is 0 Å². The highest BCUT2D eigenvalue weighted by atomic mass is 32.2. The maximum absolute atomic E-state index is 13.2.